The first-order valence-electron chi connectivity index (χ1n) is 10.7. The molecule has 0 aromatic heterocycles. The van der Waals surface area contributed by atoms with Crippen LogP contribution in [0.15, 0.2) is 54.6 Å². The number of piperidine rings is 1. The maximum absolute atomic E-state index is 13.3. The van der Waals surface area contributed by atoms with Crippen LogP contribution in [0, 0.1) is 5.92 Å². The van der Waals surface area contributed by atoms with E-state index in [4.69, 9.17) is 4.74 Å². The Morgan fingerprint density at radius 3 is 2.52 bits per heavy atom. The van der Waals surface area contributed by atoms with E-state index < -0.39 is 10.2 Å². The Morgan fingerprint density at radius 1 is 1.16 bits per heavy atom. The summed E-state index contributed by atoms with van der Waals surface area (Å²) in [4.78, 5) is 12.7. The topological polar surface area (TPSA) is 79.0 Å². The average Bonchev–Trinajstić information content (AvgIpc) is 2.80. The van der Waals surface area contributed by atoms with Crippen LogP contribution in [0.25, 0.3) is 0 Å². The minimum atomic E-state index is -3.73. The highest BCUT2D eigenvalue weighted by Crippen LogP contribution is 2.26. The van der Waals surface area contributed by atoms with Gasteiger partial charge in [-0.05, 0) is 56.0 Å². The second-order valence-corrected chi connectivity index (χ2v) is 9.45. The van der Waals surface area contributed by atoms with Crippen molar-refractivity contribution in [3.8, 4) is 5.75 Å². The zero-order valence-corrected chi connectivity index (χ0v) is 19.0. The fourth-order valence-corrected chi connectivity index (χ4v) is 5.57. The van der Waals surface area contributed by atoms with Crippen molar-refractivity contribution in [3.63, 3.8) is 0 Å². The van der Waals surface area contributed by atoms with Crippen molar-refractivity contribution in [2.75, 3.05) is 37.6 Å². The normalized spacial score (nSPS) is 17.2. The lowest BCUT2D eigenvalue weighted by Gasteiger charge is -2.35. The number of nitrogens with one attached hydrogen (secondary N) is 1. The van der Waals surface area contributed by atoms with Gasteiger partial charge in [0.1, 0.15) is 5.75 Å². The molecule has 0 aliphatic carbocycles. The zero-order chi connectivity index (χ0) is 22.3. The number of benzene rings is 2. The Labute approximate surface area is 185 Å². The van der Waals surface area contributed by atoms with Gasteiger partial charge in [0.15, 0.2) is 0 Å². The number of carbonyl (C=O) groups is 1. The number of hydrogen-bond acceptors (Lipinski definition) is 4. The zero-order valence-electron chi connectivity index (χ0n) is 18.2. The Kier molecular flexibility index (Phi) is 7.92. The first-order valence-corrected chi connectivity index (χ1v) is 12.1. The minimum absolute atomic E-state index is 0.0803. The molecule has 8 heteroatoms. The summed E-state index contributed by atoms with van der Waals surface area (Å²) in [6.45, 7) is 3.27. The van der Waals surface area contributed by atoms with Crippen LogP contribution in [0.3, 0.4) is 0 Å². The second-order valence-electron chi connectivity index (χ2n) is 7.59. The molecule has 1 fully saturated rings. The molecule has 1 aliphatic rings. The van der Waals surface area contributed by atoms with Crippen molar-refractivity contribution in [3.05, 3.63) is 60.2 Å². The fourth-order valence-electron chi connectivity index (χ4n) is 3.85. The van der Waals surface area contributed by atoms with E-state index in [1.54, 1.807) is 38.3 Å². The smallest absolute Gasteiger partial charge is 0.304 e. The predicted molar refractivity (Wildman–Crippen MR) is 122 cm³/mol. The van der Waals surface area contributed by atoms with E-state index in [-0.39, 0.29) is 18.4 Å². The molecule has 1 heterocycles. The van der Waals surface area contributed by atoms with Crippen LogP contribution in [0.5, 0.6) is 5.75 Å². The summed E-state index contributed by atoms with van der Waals surface area (Å²) in [6, 6.07) is 16.9. The molecule has 31 heavy (non-hydrogen) atoms. The van der Waals surface area contributed by atoms with Crippen LogP contribution in [-0.4, -0.2) is 51.9 Å². The van der Waals surface area contributed by atoms with Gasteiger partial charge in [-0.25, -0.2) is 0 Å². The van der Waals surface area contributed by atoms with Crippen molar-refractivity contribution in [2.24, 2.45) is 5.92 Å². The van der Waals surface area contributed by atoms with Crippen LogP contribution in [-0.2, 0) is 21.4 Å². The monoisotopic (exact) mass is 445 g/mol. The fraction of sp³-hybridized carbons (Fsp3) is 0.435. The third-order valence-electron chi connectivity index (χ3n) is 5.56. The van der Waals surface area contributed by atoms with E-state index in [0.717, 1.165) is 12.0 Å². The first-order chi connectivity index (χ1) is 15.0. The standard InChI is InChI=1S/C23H31N3O4S/c1-3-26(21-11-13-22(30-2)14-12-21)31(28,29)25-17-7-10-20(18-25)23(27)24-16-15-19-8-5-4-6-9-19/h4-6,8-9,11-14,20H,3,7,10,15-18H2,1-2H3,(H,24,27). The molecule has 0 bridgehead atoms. The number of nitrogens with zero attached hydrogens (tertiary/aromatic N) is 2. The number of carbonyl (C=O) groups excluding carboxylic acids is 1. The Balaban J connectivity index is 1.62. The largest absolute Gasteiger partial charge is 0.497 e. The van der Waals surface area contributed by atoms with Crippen LogP contribution in [0.4, 0.5) is 5.69 Å². The highest BCUT2D eigenvalue weighted by molar-refractivity contribution is 7.90. The van der Waals surface area contributed by atoms with E-state index in [1.807, 2.05) is 30.3 Å². The van der Waals surface area contributed by atoms with Gasteiger partial charge < -0.3 is 10.1 Å². The highest BCUT2D eigenvalue weighted by atomic mass is 32.2. The molecule has 1 aliphatic heterocycles. The SMILES string of the molecule is CCN(c1ccc(OC)cc1)S(=O)(=O)N1CCCC(C(=O)NCCc2ccccc2)C1. The summed E-state index contributed by atoms with van der Waals surface area (Å²) in [7, 11) is -2.16. The van der Waals surface area contributed by atoms with Crippen LogP contribution in [0.2, 0.25) is 0 Å². The molecular formula is C23H31N3O4S. The van der Waals surface area contributed by atoms with E-state index in [1.165, 1.54) is 8.61 Å². The molecule has 1 N–H and O–H groups in total. The van der Waals surface area contributed by atoms with Gasteiger partial charge in [0.2, 0.25) is 5.91 Å². The van der Waals surface area contributed by atoms with Crippen LogP contribution >= 0.6 is 0 Å². The number of ether oxygens (including phenoxy) is 1. The molecule has 0 spiro atoms. The molecule has 7 nitrogen and oxygen atoms in total. The maximum Gasteiger partial charge on any atom is 0.304 e. The van der Waals surface area contributed by atoms with E-state index >= 15 is 0 Å². The van der Waals surface area contributed by atoms with Gasteiger partial charge in [0.05, 0.1) is 18.7 Å². The molecule has 2 aromatic rings. The molecule has 3 rings (SSSR count). The molecule has 1 atom stereocenters. The highest BCUT2D eigenvalue weighted by Gasteiger charge is 2.35. The first kappa shape index (κ1) is 23.1. The summed E-state index contributed by atoms with van der Waals surface area (Å²) >= 11 is 0. The number of anilines is 1. The molecule has 0 saturated carbocycles. The maximum atomic E-state index is 13.3. The Morgan fingerprint density at radius 2 is 1.87 bits per heavy atom. The summed E-state index contributed by atoms with van der Waals surface area (Å²) < 4.78 is 34.6. The molecule has 1 saturated heterocycles. The quantitative estimate of drug-likeness (QED) is 0.644. The van der Waals surface area contributed by atoms with Crippen molar-refractivity contribution in [1.82, 2.24) is 9.62 Å². The van der Waals surface area contributed by atoms with Crippen LogP contribution < -0.4 is 14.4 Å². The predicted octanol–water partition coefficient (Wildman–Crippen LogP) is 2.84. The molecule has 1 amide bonds. The van der Waals surface area contributed by atoms with Crippen molar-refractivity contribution in [2.45, 2.75) is 26.2 Å². The van der Waals surface area contributed by atoms with Gasteiger partial charge in [-0.1, -0.05) is 30.3 Å². The molecule has 0 radical (unpaired) electrons. The number of hydrogen-bond donors (Lipinski definition) is 1. The van der Waals surface area contributed by atoms with Gasteiger partial charge >= 0.3 is 10.2 Å². The lowest BCUT2D eigenvalue weighted by atomic mass is 9.99. The molecule has 1 unspecified atom stereocenters. The van der Waals surface area contributed by atoms with Gasteiger partial charge in [-0.15, -0.1) is 0 Å². The summed E-state index contributed by atoms with van der Waals surface area (Å²) in [5, 5.41) is 2.97. The summed E-state index contributed by atoms with van der Waals surface area (Å²) in [5.74, 6) is 0.250. The number of methoxy groups -OCH3 is 1. The Bertz CT molecular complexity index is 949. The van der Waals surface area contributed by atoms with Crippen molar-refractivity contribution in [1.29, 1.82) is 0 Å². The minimum Gasteiger partial charge on any atom is -0.497 e. The lowest BCUT2D eigenvalue weighted by molar-refractivity contribution is -0.126. The Hall–Kier alpha value is -2.58. The molecule has 2 aromatic carbocycles. The third kappa shape index (κ3) is 5.77. The molecular weight excluding hydrogens is 414 g/mol. The second kappa shape index (κ2) is 10.6. The van der Waals surface area contributed by atoms with E-state index in [0.29, 0.717) is 43.9 Å². The van der Waals surface area contributed by atoms with Gasteiger partial charge in [-0.2, -0.15) is 12.7 Å². The van der Waals surface area contributed by atoms with Crippen molar-refractivity contribution >= 4 is 21.8 Å². The van der Waals surface area contributed by atoms with Gasteiger partial charge in [0, 0.05) is 26.2 Å². The number of rotatable bonds is 9. The van der Waals surface area contributed by atoms with Crippen molar-refractivity contribution < 1.29 is 17.9 Å². The van der Waals surface area contributed by atoms with E-state index in [2.05, 4.69) is 5.32 Å². The van der Waals surface area contributed by atoms with Gasteiger partial charge in [0.25, 0.3) is 0 Å². The van der Waals surface area contributed by atoms with Crippen LogP contribution in [0.1, 0.15) is 25.3 Å². The average molecular weight is 446 g/mol. The van der Waals surface area contributed by atoms with Gasteiger partial charge in [-0.3, -0.25) is 9.10 Å². The third-order valence-corrected chi connectivity index (χ3v) is 7.57. The summed E-state index contributed by atoms with van der Waals surface area (Å²) in [6.07, 6.45) is 2.11. The number of amides is 1. The molecule has 168 valence electrons. The van der Waals surface area contributed by atoms with E-state index in [9.17, 15) is 13.2 Å². The lowest BCUT2D eigenvalue weighted by Crippen LogP contribution is -2.50. The summed E-state index contributed by atoms with van der Waals surface area (Å²) in [5.41, 5.74) is 1.74.